The molecule has 100 valence electrons. The van der Waals surface area contributed by atoms with Gasteiger partial charge in [0.2, 0.25) is 0 Å². The lowest BCUT2D eigenvalue weighted by molar-refractivity contribution is 0.0696. The maximum Gasteiger partial charge on any atom is 0.411 e. The van der Waals surface area contributed by atoms with Gasteiger partial charge in [0, 0.05) is 19.3 Å². The van der Waals surface area contributed by atoms with Gasteiger partial charge in [-0.2, -0.15) is 5.10 Å². The highest BCUT2D eigenvalue weighted by molar-refractivity contribution is 5.67. The van der Waals surface area contributed by atoms with Crippen LogP contribution in [0.5, 0.6) is 0 Å². The van der Waals surface area contributed by atoms with Crippen molar-refractivity contribution in [1.82, 2.24) is 24.6 Å². The Kier molecular flexibility index (Phi) is 3.26. The molecule has 1 amide bonds. The Bertz CT molecular complexity index is 535. The molecule has 0 aromatic rings. The predicted molar refractivity (Wildman–Crippen MR) is 66.3 cm³/mol. The molecule has 3 aliphatic rings. The Hall–Kier alpha value is -2.18. The predicted octanol–water partition coefficient (Wildman–Crippen LogP) is 1.36. The summed E-state index contributed by atoms with van der Waals surface area (Å²) in [6.07, 6.45) is 8.07. The van der Waals surface area contributed by atoms with Gasteiger partial charge in [0.05, 0.1) is 18.1 Å². The number of nitrogens with zero attached hydrogens (tertiary/aromatic N) is 5. The minimum absolute atomic E-state index is 0.156. The standard InChI is InChI=1S/C12H15N5O2/c18-12(17-4-2-1-3-5-17)19-9-16-7-10-6-14-15-11(10)13-8-16/h6-8H,1-5,9H2. The number of hydrogen-bond acceptors (Lipinski definition) is 5. The average Bonchev–Trinajstić information content (AvgIpc) is 2.93. The smallest absolute Gasteiger partial charge is 0.411 e. The van der Waals surface area contributed by atoms with Gasteiger partial charge in [-0.15, -0.1) is 5.10 Å². The second-order valence-electron chi connectivity index (χ2n) is 4.60. The Balaban J connectivity index is 1.59. The van der Waals surface area contributed by atoms with Crippen molar-refractivity contribution in [2.75, 3.05) is 13.1 Å². The van der Waals surface area contributed by atoms with Crippen molar-refractivity contribution in [3.63, 3.8) is 0 Å². The van der Waals surface area contributed by atoms with Crippen LogP contribution >= 0.6 is 0 Å². The second kappa shape index (κ2) is 5.21. The fourth-order valence-corrected chi connectivity index (χ4v) is 2.16. The molecule has 7 nitrogen and oxygen atoms in total. The summed E-state index contributed by atoms with van der Waals surface area (Å²) in [5.74, 6) is 0.596. The van der Waals surface area contributed by atoms with E-state index in [1.165, 1.54) is 6.42 Å². The number of carbonyl (C=O) groups is 1. The molecular formula is C12H15N5O2. The summed E-state index contributed by atoms with van der Waals surface area (Å²) in [5, 5.41) is 7.61. The summed E-state index contributed by atoms with van der Waals surface area (Å²) in [6, 6.07) is 0. The van der Waals surface area contributed by atoms with Gasteiger partial charge in [-0.05, 0) is 19.3 Å². The number of aromatic nitrogens is 4. The minimum atomic E-state index is -0.258. The largest absolute Gasteiger partial charge is 0.428 e. The van der Waals surface area contributed by atoms with Gasteiger partial charge in [0.15, 0.2) is 12.6 Å². The zero-order valence-corrected chi connectivity index (χ0v) is 10.5. The first-order chi connectivity index (χ1) is 9.33. The van der Waals surface area contributed by atoms with Gasteiger partial charge >= 0.3 is 6.09 Å². The van der Waals surface area contributed by atoms with Crippen LogP contribution in [0.4, 0.5) is 4.79 Å². The number of ether oxygens (including phenoxy) is 1. The van der Waals surface area contributed by atoms with E-state index in [-0.39, 0.29) is 12.8 Å². The average molecular weight is 261 g/mol. The van der Waals surface area contributed by atoms with Gasteiger partial charge in [0.1, 0.15) is 0 Å². The Labute approximate surface area is 110 Å². The highest BCUT2D eigenvalue weighted by atomic mass is 16.6. The number of piperidine rings is 1. The summed E-state index contributed by atoms with van der Waals surface area (Å²) in [7, 11) is 0. The topological polar surface area (TPSA) is 73.1 Å². The van der Waals surface area contributed by atoms with Gasteiger partial charge in [-0.25, -0.2) is 9.78 Å². The molecule has 0 N–H and O–H groups in total. The molecule has 3 heterocycles. The van der Waals surface area contributed by atoms with Crippen molar-refractivity contribution in [2.24, 2.45) is 0 Å². The molecule has 0 spiro atoms. The Morgan fingerprint density at radius 3 is 3.00 bits per heavy atom. The van der Waals surface area contributed by atoms with E-state index in [4.69, 9.17) is 4.74 Å². The molecule has 0 radical (unpaired) electrons. The van der Waals surface area contributed by atoms with Crippen molar-refractivity contribution in [3.05, 3.63) is 18.7 Å². The normalized spacial score (nSPS) is 15.7. The lowest BCUT2D eigenvalue weighted by atomic mass is 10.1. The molecule has 1 saturated heterocycles. The van der Waals surface area contributed by atoms with E-state index in [1.807, 2.05) is 6.20 Å². The van der Waals surface area contributed by atoms with Crippen molar-refractivity contribution >= 4 is 6.09 Å². The Morgan fingerprint density at radius 2 is 2.16 bits per heavy atom. The maximum absolute atomic E-state index is 11.8. The number of hydrogen-bond donors (Lipinski definition) is 0. The number of likely N-dealkylation sites (tertiary alicyclic amines) is 1. The van der Waals surface area contributed by atoms with Crippen LogP contribution in [0.1, 0.15) is 19.3 Å². The molecule has 0 aromatic carbocycles. The van der Waals surface area contributed by atoms with E-state index in [0.29, 0.717) is 5.82 Å². The number of amides is 1. The number of rotatable bonds is 2. The van der Waals surface area contributed by atoms with Crippen LogP contribution in [-0.4, -0.2) is 43.8 Å². The lowest BCUT2D eigenvalue weighted by Gasteiger charge is -2.25. The summed E-state index contributed by atoms with van der Waals surface area (Å²) in [6.45, 7) is 1.73. The third kappa shape index (κ3) is 2.64. The van der Waals surface area contributed by atoms with Crippen molar-refractivity contribution in [2.45, 2.75) is 26.0 Å². The molecule has 0 bridgehead atoms. The van der Waals surface area contributed by atoms with Gasteiger partial charge in [-0.3, -0.25) is 0 Å². The summed E-state index contributed by atoms with van der Waals surface area (Å²) in [4.78, 5) is 17.7. The molecular weight excluding hydrogens is 246 g/mol. The van der Waals surface area contributed by atoms with Gasteiger partial charge < -0.3 is 14.2 Å². The van der Waals surface area contributed by atoms with Crippen LogP contribution in [0.25, 0.3) is 11.4 Å². The van der Waals surface area contributed by atoms with Crippen LogP contribution in [0.3, 0.4) is 0 Å². The fourth-order valence-electron chi connectivity index (χ4n) is 2.16. The van der Waals surface area contributed by atoms with E-state index in [0.717, 1.165) is 31.5 Å². The molecule has 0 unspecified atom stereocenters. The van der Waals surface area contributed by atoms with Crippen LogP contribution in [0.2, 0.25) is 0 Å². The minimum Gasteiger partial charge on any atom is -0.428 e. The maximum atomic E-state index is 11.8. The van der Waals surface area contributed by atoms with Crippen molar-refractivity contribution in [1.29, 1.82) is 0 Å². The zero-order chi connectivity index (χ0) is 13.1. The molecule has 0 saturated carbocycles. The van der Waals surface area contributed by atoms with Crippen LogP contribution in [-0.2, 0) is 11.5 Å². The summed E-state index contributed by atoms with van der Waals surface area (Å²) >= 11 is 0. The summed E-state index contributed by atoms with van der Waals surface area (Å²) < 4.78 is 6.96. The number of carbonyl (C=O) groups excluding carboxylic acids is 1. The van der Waals surface area contributed by atoms with Crippen LogP contribution in [0.15, 0.2) is 18.7 Å². The highest BCUT2D eigenvalue weighted by Crippen LogP contribution is 2.14. The molecule has 3 aliphatic heterocycles. The van der Waals surface area contributed by atoms with E-state index in [9.17, 15) is 4.79 Å². The lowest BCUT2D eigenvalue weighted by Crippen LogP contribution is -2.36. The van der Waals surface area contributed by atoms with Gasteiger partial charge in [-0.1, -0.05) is 0 Å². The van der Waals surface area contributed by atoms with E-state index in [1.54, 1.807) is 22.0 Å². The quantitative estimate of drug-likeness (QED) is 0.816. The first-order valence-electron chi connectivity index (χ1n) is 6.38. The first-order valence-corrected chi connectivity index (χ1v) is 6.38. The van der Waals surface area contributed by atoms with E-state index >= 15 is 0 Å². The second-order valence-corrected chi connectivity index (χ2v) is 4.60. The van der Waals surface area contributed by atoms with Crippen molar-refractivity contribution < 1.29 is 9.53 Å². The number of fused-ring (bicyclic) bond motifs is 1. The van der Waals surface area contributed by atoms with Crippen molar-refractivity contribution in [3.8, 4) is 11.4 Å². The molecule has 3 rings (SSSR count). The monoisotopic (exact) mass is 261 g/mol. The molecule has 0 aromatic heterocycles. The third-order valence-corrected chi connectivity index (χ3v) is 3.19. The van der Waals surface area contributed by atoms with Gasteiger partial charge in [0.25, 0.3) is 0 Å². The summed E-state index contributed by atoms with van der Waals surface area (Å²) in [5.41, 5.74) is 0.830. The first kappa shape index (κ1) is 11.9. The highest BCUT2D eigenvalue weighted by Gasteiger charge is 2.17. The fraction of sp³-hybridized carbons (Fsp3) is 0.500. The molecule has 19 heavy (non-hydrogen) atoms. The molecule has 7 heteroatoms. The van der Waals surface area contributed by atoms with E-state index in [2.05, 4.69) is 15.2 Å². The molecule has 0 atom stereocenters. The molecule has 1 fully saturated rings. The van der Waals surface area contributed by atoms with E-state index < -0.39 is 0 Å². The third-order valence-electron chi connectivity index (χ3n) is 3.19. The Morgan fingerprint density at radius 1 is 1.32 bits per heavy atom. The molecule has 0 aliphatic carbocycles. The SMILES string of the molecule is O=C(OCn1cnc2nncc-2c1)N1CCCCC1. The van der Waals surface area contributed by atoms with Crippen LogP contribution in [0, 0.1) is 0 Å². The zero-order valence-electron chi connectivity index (χ0n) is 10.5. The van der Waals surface area contributed by atoms with Crippen LogP contribution < -0.4 is 0 Å².